The maximum absolute atomic E-state index is 7.49. The first-order valence-corrected chi connectivity index (χ1v) is 4.31. The Morgan fingerprint density at radius 2 is 1.20 bits per heavy atom. The summed E-state index contributed by atoms with van der Waals surface area (Å²) in [5, 5.41) is 22.1. The smallest absolute Gasteiger partial charge is 0.122 e. The summed E-state index contributed by atoms with van der Waals surface area (Å²) in [6.07, 6.45) is 0. The first-order valence-electron chi connectivity index (χ1n) is 4.31. The van der Waals surface area contributed by atoms with E-state index in [9.17, 15) is 0 Å². The summed E-state index contributed by atoms with van der Waals surface area (Å²) >= 11 is 0. The van der Waals surface area contributed by atoms with Gasteiger partial charge in [-0.1, -0.05) is 0 Å². The van der Waals surface area contributed by atoms with E-state index in [1.165, 1.54) is 0 Å². The number of nitrogen functional groups attached to an aromatic ring is 2. The second kappa shape index (κ2) is 3.91. The molecule has 0 aliphatic heterocycles. The van der Waals surface area contributed by atoms with Crippen LogP contribution in [-0.4, -0.2) is 17.4 Å². The van der Waals surface area contributed by atoms with Gasteiger partial charge < -0.3 is 16.9 Å². The summed E-state index contributed by atoms with van der Waals surface area (Å²) in [6, 6.07) is 4.84. The Labute approximate surface area is 87.6 Å². The summed E-state index contributed by atoms with van der Waals surface area (Å²) in [4.78, 5) is 0. The third kappa shape index (κ3) is 2.40. The van der Waals surface area contributed by atoms with Crippen LogP contribution in [0.1, 0.15) is 23.6 Å². The van der Waals surface area contributed by atoms with Gasteiger partial charge in [0.05, 0.1) is 0 Å². The van der Waals surface area contributed by atoms with Crippen molar-refractivity contribution in [1.82, 2.24) is 0 Å². The Morgan fingerprint density at radius 1 is 0.867 bits per heavy atom. The molecule has 0 aliphatic carbocycles. The van der Waals surface area contributed by atoms with Crippen molar-refractivity contribution < 1.29 is 0 Å². The van der Waals surface area contributed by atoms with Gasteiger partial charge in [0, 0.05) is 16.8 Å². The Bertz CT molecular complexity index is 368. The second-order valence-corrected chi connectivity index (χ2v) is 3.25. The monoisotopic (exact) mass is 203 g/mol. The SMILES string of the molecule is CC(=N)c1cc(C(=N)N)cc(C(=N)N)c1. The Balaban J connectivity index is 3.39. The molecule has 5 nitrogen and oxygen atoms in total. The van der Waals surface area contributed by atoms with Gasteiger partial charge in [0.25, 0.3) is 0 Å². The van der Waals surface area contributed by atoms with E-state index in [2.05, 4.69) is 0 Å². The van der Waals surface area contributed by atoms with Crippen molar-refractivity contribution >= 4 is 17.4 Å². The number of nitrogens with two attached hydrogens (primary N) is 2. The molecule has 5 heteroatoms. The van der Waals surface area contributed by atoms with Gasteiger partial charge in [-0.05, 0) is 30.7 Å². The summed E-state index contributed by atoms with van der Waals surface area (Å²) < 4.78 is 0. The molecule has 1 rings (SSSR count). The highest BCUT2D eigenvalue weighted by molar-refractivity contribution is 6.05. The largest absolute Gasteiger partial charge is 0.384 e. The molecule has 0 aromatic heterocycles. The number of hydrogen-bond acceptors (Lipinski definition) is 3. The second-order valence-electron chi connectivity index (χ2n) is 3.25. The van der Waals surface area contributed by atoms with Crippen molar-refractivity contribution in [2.24, 2.45) is 11.5 Å². The van der Waals surface area contributed by atoms with E-state index in [1.54, 1.807) is 25.1 Å². The molecular weight excluding hydrogens is 190 g/mol. The maximum Gasteiger partial charge on any atom is 0.122 e. The lowest BCUT2D eigenvalue weighted by molar-refractivity contribution is 1.38. The van der Waals surface area contributed by atoms with Gasteiger partial charge in [0.15, 0.2) is 0 Å². The normalized spacial score (nSPS) is 9.67. The van der Waals surface area contributed by atoms with Gasteiger partial charge in [-0.3, -0.25) is 10.8 Å². The number of nitrogens with one attached hydrogen (secondary N) is 3. The van der Waals surface area contributed by atoms with Gasteiger partial charge in [-0.25, -0.2) is 0 Å². The lowest BCUT2D eigenvalue weighted by atomic mass is 10.0. The minimum atomic E-state index is -0.0967. The Kier molecular flexibility index (Phi) is 2.85. The molecule has 0 saturated carbocycles. The van der Waals surface area contributed by atoms with E-state index in [-0.39, 0.29) is 11.7 Å². The van der Waals surface area contributed by atoms with E-state index < -0.39 is 0 Å². The highest BCUT2D eigenvalue weighted by Gasteiger charge is 2.06. The number of amidine groups is 2. The molecule has 0 aliphatic rings. The predicted molar refractivity (Wildman–Crippen MR) is 61.0 cm³/mol. The number of benzene rings is 1. The quantitative estimate of drug-likeness (QED) is 0.365. The van der Waals surface area contributed by atoms with Gasteiger partial charge in [0.1, 0.15) is 11.7 Å². The minimum absolute atomic E-state index is 0.0967. The molecule has 1 aromatic carbocycles. The molecule has 0 atom stereocenters. The zero-order valence-corrected chi connectivity index (χ0v) is 8.39. The molecule has 1 aromatic rings. The van der Waals surface area contributed by atoms with Gasteiger partial charge in [0.2, 0.25) is 0 Å². The van der Waals surface area contributed by atoms with E-state index in [0.717, 1.165) is 0 Å². The van der Waals surface area contributed by atoms with Crippen LogP contribution in [0.3, 0.4) is 0 Å². The molecule has 0 saturated heterocycles. The van der Waals surface area contributed by atoms with Crippen LogP contribution >= 0.6 is 0 Å². The molecule has 0 unspecified atom stereocenters. The van der Waals surface area contributed by atoms with Crippen molar-refractivity contribution in [2.45, 2.75) is 6.92 Å². The maximum atomic E-state index is 7.49. The fourth-order valence-electron chi connectivity index (χ4n) is 1.16. The Hall–Kier alpha value is -2.17. The molecule has 0 radical (unpaired) electrons. The summed E-state index contributed by atoms with van der Waals surface area (Å²) in [6.45, 7) is 1.63. The average Bonchev–Trinajstić information content (AvgIpc) is 2.16. The van der Waals surface area contributed by atoms with Crippen LogP contribution in [0.5, 0.6) is 0 Å². The number of rotatable bonds is 3. The van der Waals surface area contributed by atoms with Gasteiger partial charge in [-0.15, -0.1) is 0 Å². The lowest BCUT2D eigenvalue weighted by Gasteiger charge is -2.06. The van der Waals surface area contributed by atoms with Crippen LogP contribution < -0.4 is 11.5 Å². The highest BCUT2D eigenvalue weighted by Crippen LogP contribution is 2.10. The molecule has 78 valence electrons. The molecule has 0 bridgehead atoms. The lowest BCUT2D eigenvalue weighted by Crippen LogP contribution is -2.16. The van der Waals surface area contributed by atoms with E-state index in [4.69, 9.17) is 27.7 Å². The van der Waals surface area contributed by atoms with Crippen LogP contribution in [0.25, 0.3) is 0 Å². The zero-order valence-electron chi connectivity index (χ0n) is 8.39. The van der Waals surface area contributed by atoms with Crippen molar-refractivity contribution in [3.05, 3.63) is 34.9 Å². The third-order valence-electron chi connectivity index (χ3n) is 1.99. The van der Waals surface area contributed by atoms with Crippen LogP contribution in [0.15, 0.2) is 18.2 Å². The van der Waals surface area contributed by atoms with E-state index in [1.807, 2.05) is 0 Å². The van der Waals surface area contributed by atoms with Crippen molar-refractivity contribution in [3.8, 4) is 0 Å². The molecular formula is C10H13N5. The number of hydrogen-bond donors (Lipinski definition) is 5. The molecule has 0 fully saturated rings. The van der Waals surface area contributed by atoms with Crippen LogP contribution in [0.4, 0.5) is 0 Å². The Morgan fingerprint density at radius 3 is 1.47 bits per heavy atom. The topological polar surface area (TPSA) is 124 Å². The van der Waals surface area contributed by atoms with E-state index >= 15 is 0 Å². The van der Waals surface area contributed by atoms with Crippen molar-refractivity contribution in [1.29, 1.82) is 16.2 Å². The fraction of sp³-hybridized carbons (Fsp3) is 0.100. The first kappa shape index (κ1) is 10.9. The van der Waals surface area contributed by atoms with Crippen LogP contribution in [0, 0.1) is 16.2 Å². The molecule has 0 heterocycles. The summed E-state index contributed by atoms with van der Waals surface area (Å²) in [7, 11) is 0. The van der Waals surface area contributed by atoms with Gasteiger partial charge >= 0.3 is 0 Å². The average molecular weight is 203 g/mol. The van der Waals surface area contributed by atoms with Crippen LogP contribution in [-0.2, 0) is 0 Å². The molecule has 0 amide bonds. The third-order valence-corrected chi connectivity index (χ3v) is 1.99. The first-order chi connectivity index (χ1) is 6.91. The van der Waals surface area contributed by atoms with Crippen molar-refractivity contribution in [2.75, 3.05) is 0 Å². The summed E-state index contributed by atoms with van der Waals surface area (Å²) in [5.74, 6) is -0.193. The van der Waals surface area contributed by atoms with Crippen molar-refractivity contribution in [3.63, 3.8) is 0 Å². The van der Waals surface area contributed by atoms with E-state index in [0.29, 0.717) is 22.4 Å². The van der Waals surface area contributed by atoms with Gasteiger partial charge in [-0.2, -0.15) is 0 Å². The zero-order chi connectivity index (χ0) is 11.6. The molecule has 0 spiro atoms. The predicted octanol–water partition coefficient (Wildman–Crippen LogP) is 0.643. The summed E-state index contributed by atoms with van der Waals surface area (Å²) in [5.41, 5.74) is 12.6. The molecule has 15 heavy (non-hydrogen) atoms. The highest BCUT2D eigenvalue weighted by atomic mass is 14.7. The molecule has 7 N–H and O–H groups in total. The standard InChI is InChI=1S/C10H13N5/c1-5(11)6-2-7(9(12)13)4-8(3-6)10(14)15/h2-4,11H,1H3,(H3,12,13)(H3,14,15). The van der Waals surface area contributed by atoms with Crippen LogP contribution in [0.2, 0.25) is 0 Å². The fourth-order valence-corrected chi connectivity index (χ4v) is 1.16. The minimum Gasteiger partial charge on any atom is -0.384 e.